The van der Waals surface area contributed by atoms with E-state index in [1.807, 2.05) is 20.8 Å². The zero-order valence-electron chi connectivity index (χ0n) is 14.3. The van der Waals surface area contributed by atoms with Crippen molar-refractivity contribution in [2.45, 2.75) is 45.1 Å². The first kappa shape index (κ1) is 16.4. The van der Waals surface area contributed by atoms with Gasteiger partial charge in [-0.05, 0) is 33.6 Å². The molecule has 2 heterocycles. The molecule has 1 saturated carbocycles. The number of halogens is 1. The summed E-state index contributed by atoms with van der Waals surface area (Å²) in [5, 5.41) is 4.54. The highest BCUT2D eigenvalue weighted by Gasteiger charge is 2.33. The Balaban J connectivity index is 1.94. The van der Waals surface area contributed by atoms with Crippen LogP contribution in [0.3, 0.4) is 0 Å². The summed E-state index contributed by atoms with van der Waals surface area (Å²) in [6.07, 6.45) is 6.02. The van der Waals surface area contributed by atoms with Crippen LogP contribution in [0.4, 0.5) is 14.9 Å². The molecule has 0 atom stereocenters. The van der Waals surface area contributed by atoms with Gasteiger partial charge in [0, 0.05) is 19.0 Å². The highest BCUT2D eigenvalue weighted by molar-refractivity contribution is 5.88. The number of anilines is 1. The van der Waals surface area contributed by atoms with Crippen LogP contribution in [0.1, 0.15) is 45.2 Å². The first-order valence-electron chi connectivity index (χ1n) is 7.92. The summed E-state index contributed by atoms with van der Waals surface area (Å²) in [6, 6.07) is 1.36. The number of carbonyl (C=O) groups is 1. The van der Waals surface area contributed by atoms with Crippen LogP contribution in [0.5, 0.6) is 0 Å². The van der Waals surface area contributed by atoms with E-state index in [0.717, 1.165) is 24.7 Å². The number of ether oxygens (including phenoxy) is 1. The number of nitrogens with zero attached hydrogens (tertiary/aromatic N) is 4. The monoisotopic (exact) mass is 332 g/mol. The van der Waals surface area contributed by atoms with Crippen LogP contribution in [0.15, 0.2) is 24.7 Å². The normalized spacial score (nSPS) is 14.5. The minimum Gasteiger partial charge on any atom is -0.443 e. The van der Waals surface area contributed by atoms with Gasteiger partial charge in [0.15, 0.2) is 0 Å². The lowest BCUT2D eigenvalue weighted by molar-refractivity contribution is 0.0589. The number of pyridine rings is 1. The summed E-state index contributed by atoms with van der Waals surface area (Å²) < 4.78 is 20.4. The maximum atomic E-state index is 13.4. The SMILES string of the molecule is CN(C(=O)OC(C)(C)C)c1cn(-c2cncc(F)c2)nc1C1CC1. The van der Waals surface area contributed by atoms with Gasteiger partial charge in [0.25, 0.3) is 0 Å². The average molecular weight is 332 g/mol. The van der Waals surface area contributed by atoms with Crippen LogP contribution in [-0.4, -0.2) is 33.5 Å². The highest BCUT2D eigenvalue weighted by atomic mass is 19.1. The molecule has 24 heavy (non-hydrogen) atoms. The molecule has 0 unspecified atom stereocenters. The number of amides is 1. The van der Waals surface area contributed by atoms with Crippen molar-refractivity contribution in [2.24, 2.45) is 0 Å². The van der Waals surface area contributed by atoms with Gasteiger partial charge in [-0.1, -0.05) is 0 Å². The van der Waals surface area contributed by atoms with Crippen LogP contribution in [0, 0.1) is 5.82 Å². The molecule has 1 amide bonds. The molecule has 1 fully saturated rings. The first-order chi connectivity index (χ1) is 11.2. The van der Waals surface area contributed by atoms with Gasteiger partial charge in [0.05, 0.1) is 35.7 Å². The Labute approximate surface area is 140 Å². The Kier molecular flexibility index (Phi) is 4.03. The number of hydrogen-bond donors (Lipinski definition) is 0. The fourth-order valence-electron chi connectivity index (χ4n) is 2.37. The standard InChI is InChI=1S/C17H21FN4O2/c1-17(2,3)24-16(23)21(4)14-10-22(20-15(14)11-5-6-11)13-7-12(18)8-19-9-13/h7-11H,5-6H2,1-4H3. The summed E-state index contributed by atoms with van der Waals surface area (Å²) in [6.45, 7) is 5.47. The molecule has 128 valence electrons. The molecule has 0 saturated heterocycles. The summed E-state index contributed by atoms with van der Waals surface area (Å²) >= 11 is 0. The number of aromatic nitrogens is 3. The molecular formula is C17H21FN4O2. The number of hydrogen-bond acceptors (Lipinski definition) is 4. The molecule has 0 N–H and O–H groups in total. The van der Waals surface area contributed by atoms with Gasteiger partial charge in [0.1, 0.15) is 11.4 Å². The lowest BCUT2D eigenvalue weighted by Gasteiger charge is -2.24. The Bertz CT molecular complexity index is 762. The second-order valence-corrected chi connectivity index (χ2v) is 7.02. The van der Waals surface area contributed by atoms with Gasteiger partial charge in [0.2, 0.25) is 0 Å². The van der Waals surface area contributed by atoms with E-state index in [-0.39, 0.29) is 0 Å². The van der Waals surface area contributed by atoms with Gasteiger partial charge in [-0.25, -0.2) is 13.9 Å². The minimum atomic E-state index is -0.576. The zero-order valence-corrected chi connectivity index (χ0v) is 14.3. The minimum absolute atomic E-state index is 0.327. The predicted octanol–water partition coefficient (Wildman–Crippen LogP) is 3.66. The van der Waals surface area contributed by atoms with Gasteiger partial charge < -0.3 is 4.74 Å². The lowest BCUT2D eigenvalue weighted by atomic mass is 10.2. The Morgan fingerprint density at radius 2 is 2.08 bits per heavy atom. The van der Waals surface area contributed by atoms with Crippen molar-refractivity contribution in [1.82, 2.24) is 14.8 Å². The van der Waals surface area contributed by atoms with Crippen molar-refractivity contribution >= 4 is 11.8 Å². The predicted molar refractivity (Wildman–Crippen MR) is 87.9 cm³/mol. The molecule has 0 aliphatic heterocycles. The van der Waals surface area contributed by atoms with Gasteiger partial charge in [-0.3, -0.25) is 9.88 Å². The largest absolute Gasteiger partial charge is 0.443 e. The van der Waals surface area contributed by atoms with Crippen LogP contribution in [-0.2, 0) is 4.74 Å². The molecular weight excluding hydrogens is 311 g/mol. The summed E-state index contributed by atoms with van der Waals surface area (Å²) in [4.78, 5) is 17.6. The molecule has 0 radical (unpaired) electrons. The quantitative estimate of drug-likeness (QED) is 0.861. The van der Waals surface area contributed by atoms with Crippen LogP contribution < -0.4 is 4.90 Å². The fraction of sp³-hybridized carbons (Fsp3) is 0.471. The van der Waals surface area contributed by atoms with Crippen molar-refractivity contribution in [3.8, 4) is 5.69 Å². The van der Waals surface area contributed by atoms with Crippen molar-refractivity contribution in [3.05, 3.63) is 36.2 Å². The molecule has 0 bridgehead atoms. The molecule has 2 aromatic heterocycles. The Hall–Kier alpha value is -2.44. The summed E-state index contributed by atoms with van der Waals surface area (Å²) in [5.74, 6) is -0.106. The molecule has 3 rings (SSSR count). The van der Waals surface area contributed by atoms with Crippen LogP contribution >= 0.6 is 0 Å². The third kappa shape index (κ3) is 3.55. The molecule has 0 aromatic carbocycles. The lowest BCUT2D eigenvalue weighted by Crippen LogP contribution is -2.34. The van der Waals surface area contributed by atoms with E-state index in [2.05, 4.69) is 10.1 Å². The average Bonchev–Trinajstić information content (AvgIpc) is 3.23. The third-order valence-electron chi connectivity index (χ3n) is 3.67. The molecule has 1 aliphatic carbocycles. The van der Waals surface area contributed by atoms with E-state index in [4.69, 9.17) is 4.74 Å². The van der Waals surface area contributed by atoms with Crippen molar-refractivity contribution in [2.75, 3.05) is 11.9 Å². The summed E-state index contributed by atoms with van der Waals surface area (Å²) in [5.41, 5.74) is 1.44. The topological polar surface area (TPSA) is 60.2 Å². The van der Waals surface area contributed by atoms with Crippen molar-refractivity contribution < 1.29 is 13.9 Å². The highest BCUT2D eigenvalue weighted by Crippen LogP contribution is 2.43. The maximum absolute atomic E-state index is 13.4. The molecule has 0 spiro atoms. The van der Waals surface area contributed by atoms with Gasteiger partial charge in [-0.15, -0.1) is 0 Å². The zero-order chi connectivity index (χ0) is 17.5. The maximum Gasteiger partial charge on any atom is 0.414 e. The van der Waals surface area contributed by atoms with Gasteiger partial charge in [-0.2, -0.15) is 5.10 Å². The summed E-state index contributed by atoms with van der Waals surface area (Å²) in [7, 11) is 1.66. The smallest absolute Gasteiger partial charge is 0.414 e. The molecule has 6 nitrogen and oxygen atoms in total. The van der Waals surface area contributed by atoms with E-state index in [0.29, 0.717) is 17.3 Å². The van der Waals surface area contributed by atoms with Crippen LogP contribution in [0.25, 0.3) is 5.69 Å². The first-order valence-corrected chi connectivity index (χ1v) is 7.92. The fourth-order valence-corrected chi connectivity index (χ4v) is 2.37. The second-order valence-electron chi connectivity index (χ2n) is 7.02. The van der Waals surface area contributed by atoms with E-state index in [1.165, 1.54) is 17.2 Å². The Morgan fingerprint density at radius 3 is 2.67 bits per heavy atom. The third-order valence-corrected chi connectivity index (χ3v) is 3.67. The second kappa shape index (κ2) is 5.89. The van der Waals surface area contributed by atoms with Crippen molar-refractivity contribution in [3.63, 3.8) is 0 Å². The molecule has 2 aromatic rings. The van der Waals surface area contributed by atoms with E-state index < -0.39 is 17.5 Å². The number of rotatable bonds is 3. The molecule has 7 heteroatoms. The van der Waals surface area contributed by atoms with Crippen LogP contribution in [0.2, 0.25) is 0 Å². The number of carbonyl (C=O) groups excluding carboxylic acids is 1. The van der Waals surface area contributed by atoms with E-state index in [9.17, 15) is 9.18 Å². The Morgan fingerprint density at radius 1 is 1.38 bits per heavy atom. The van der Waals surface area contributed by atoms with Crippen molar-refractivity contribution in [1.29, 1.82) is 0 Å². The van der Waals surface area contributed by atoms with Gasteiger partial charge >= 0.3 is 6.09 Å². The van der Waals surface area contributed by atoms with E-state index in [1.54, 1.807) is 17.9 Å². The molecule has 1 aliphatic rings. The van der Waals surface area contributed by atoms with E-state index >= 15 is 0 Å².